The van der Waals surface area contributed by atoms with E-state index in [9.17, 15) is 0 Å². The molecule has 0 aromatic heterocycles. The fraction of sp³-hybridized carbons (Fsp3) is 1.00. The van der Waals surface area contributed by atoms with E-state index in [2.05, 4.69) is 37.1 Å². The normalized spacial score (nSPS) is 18.9. The first kappa shape index (κ1) is 8.86. The van der Waals surface area contributed by atoms with Crippen molar-refractivity contribution < 1.29 is 0 Å². The fourth-order valence-electron chi connectivity index (χ4n) is 1.04. The summed E-state index contributed by atoms with van der Waals surface area (Å²) < 4.78 is 0. The van der Waals surface area contributed by atoms with Gasteiger partial charge in [-0.1, -0.05) is 26.6 Å². The number of hydrogen-bond acceptors (Lipinski definition) is 2. The van der Waals surface area contributed by atoms with Gasteiger partial charge in [-0.2, -0.15) is 23.2 Å². The average molecular weight is 174 g/mol. The largest absolute Gasteiger partial charge is 0.273 e. The van der Waals surface area contributed by atoms with E-state index in [1.807, 2.05) is 0 Å². The van der Waals surface area contributed by atoms with Crippen molar-refractivity contribution in [3.8, 4) is 0 Å². The SMILES string of the molecule is CC(C)CCB1SCCS1. The van der Waals surface area contributed by atoms with Crippen molar-refractivity contribution in [2.75, 3.05) is 11.5 Å². The summed E-state index contributed by atoms with van der Waals surface area (Å²) in [6, 6.07) is 0. The highest BCUT2D eigenvalue weighted by Gasteiger charge is 2.20. The Labute approximate surface area is 72.8 Å². The minimum absolute atomic E-state index is 0.891. The Morgan fingerprint density at radius 1 is 1.30 bits per heavy atom. The first-order valence-corrected chi connectivity index (χ1v) is 6.12. The highest BCUT2D eigenvalue weighted by Crippen LogP contribution is 2.32. The molecule has 58 valence electrons. The maximum atomic E-state index is 2.31. The van der Waals surface area contributed by atoms with Crippen LogP contribution in [-0.2, 0) is 0 Å². The lowest BCUT2D eigenvalue weighted by atomic mass is 9.92. The molecule has 1 aliphatic heterocycles. The first-order valence-electron chi connectivity index (χ1n) is 4.02. The van der Waals surface area contributed by atoms with Crippen molar-refractivity contribution in [3.05, 3.63) is 0 Å². The van der Waals surface area contributed by atoms with Gasteiger partial charge in [0, 0.05) is 0 Å². The van der Waals surface area contributed by atoms with Gasteiger partial charge in [0.25, 0.3) is 5.27 Å². The quantitative estimate of drug-likeness (QED) is 0.603. The van der Waals surface area contributed by atoms with Crippen LogP contribution in [0.4, 0.5) is 0 Å². The predicted molar refractivity (Wildman–Crippen MR) is 54.9 cm³/mol. The monoisotopic (exact) mass is 174 g/mol. The van der Waals surface area contributed by atoms with Crippen LogP contribution >= 0.6 is 23.2 Å². The molecule has 0 spiro atoms. The Kier molecular flexibility index (Phi) is 4.08. The zero-order valence-corrected chi connectivity index (χ0v) is 8.43. The van der Waals surface area contributed by atoms with Gasteiger partial charge in [0.05, 0.1) is 0 Å². The summed E-state index contributed by atoms with van der Waals surface area (Å²) >= 11 is 4.29. The molecule has 0 atom stereocenters. The minimum Gasteiger partial charge on any atom is -0.194 e. The van der Waals surface area contributed by atoms with E-state index in [4.69, 9.17) is 0 Å². The third-order valence-corrected chi connectivity index (χ3v) is 4.84. The second kappa shape index (κ2) is 4.60. The Balaban J connectivity index is 2.01. The van der Waals surface area contributed by atoms with Gasteiger partial charge in [-0.25, -0.2) is 0 Å². The maximum absolute atomic E-state index is 2.31. The molecule has 1 fully saturated rings. The summed E-state index contributed by atoms with van der Waals surface area (Å²) in [7, 11) is 0. The molecule has 10 heavy (non-hydrogen) atoms. The van der Waals surface area contributed by atoms with Crippen molar-refractivity contribution in [2.24, 2.45) is 5.92 Å². The second-order valence-electron chi connectivity index (χ2n) is 3.14. The van der Waals surface area contributed by atoms with Gasteiger partial charge in [-0.05, 0) is 17.4 Å². The highest BCUT2D eigenvalue weighted by molar-refractivity contribution is 8.56. The molecule has 0 aliphatic carbocycles. The smallest absolute Gasteiger partial charge is 0.194 e. The molecule has 0 aromatic rings. The first-order chi connectivity index (χ1) is 4.79. The van der Waals surface area contributed by atoms with E-state index in [1.54, 1.807) is 0 Å². The van der Waals surface area contributed by atoms with Gasteiger partial charge < -0.3 is 0 Å². The van der Waals surface area contributed by atoms with Gasteiger partial charge in [0.1, 0.15) is 0 Å². The molecule has 0 radical (unpaired) electrons. The van der Waals surface area contributed by atoms with Crippen LogP contribution in [0.15, 0.2) is 0 Å². The molecule has 1 aliphatic rings. The standard InChI is InChI=1S/C7H15BS2/c1-7(2)3-4-8-9-5-6-10-8/h7H,3-6H2,1-2H3. The van der Waals surface area contributed by atoms with E-state index in [-0.39, 0.29) is 0 Å². The molecule has 1 heterocycles. The van der Waals surface area contributed by atoms with E-state index in [0.717, 1.165) is 11.2 Å². The zero-order valence-electron chi connectivity index (χ0n) is 6.80. The van der Waals surface area contributed by atoms with Crippen LogP contribution < -0.4 is 0 Å². The number of rotatable bonds is 3. The molecule has 0 N–H and O–H groups in total. The van der Waals surface area contributed by atoms with Crippen molar-refractivity contribution in [3.63, 3.8) is 0 Å². The van der Waals surface area contributed by atoms with E-state index in [0.29, 0.717) is 0 Å². The van der Waals surface area contributed by atoms with Crippen LogP contribution in [0.1, 0.15) is 20.3 Å². The Morgan fingerprint density at radius 2 is 1.90 bits per heavy atom. The predicted octanol–water partition coefficient (Wildman–Crippen LogP) is 3.00. The van der Waals surface area contributed by atoms with Crippen LogP contribution in [0.2, 0.25) is 6.32 Å². The average Bonchev–Trinajstić information content (AvgIpc) is 2.34. The molecule has 0 saturated carbocycles. The van der Waals surface area contributed by atoms with Crippen molar-refractivity contribution in [1.82, 2.24) is 0 Å². The zero-order chi connectivity index (χ0) is 7.40. The molecular weight excluding hydrogens is 159 g/mol. The van der Waals surface area contributed by atoms with Crippen LogP contribution in [0.5, 0.6) is 0 Å². The molecule has 3 heteroatoms. The van der Waals surface area contributed by atoms with Crippen molar-refractivity contribution in [2.45, 2.75) is 26.6 Å². The Bertz CT molecular complexity index is 89.6. The molecule has 0 unspecified atom stereocenters. The lowest BCUT2D eigenvalue weighted by Gasteiger charge is -2.05. The van der Waals surface area contributed by atoms with Crippen LogP contribution in [0.3, 0.4) is 0 Å². The summed E-state index contributed by atoms with van der Waals surface area (Å²) in [5.74, 6) is 3.66. The minimum atomic E-state index is 0.891. The molecular formula is C7H15BS2. The number of hydrogen-bond donors (Lipinski definition) is 0. The summed E-state index contributed by atoms with van der Waals surface area (Å²) in [4.78, 5) is 0. The lowest BCUT2D eigenvalue weighted by Crippen LogP contribution is -1.99. The molecule has 1 rings (SSSR count). The van der Waals surface area contributed by atoms with Crippen LogP contribution in [-0.4, -0.2) is 16.8 Å². The molecule has 0 nitrogen and oxygen atoms in total. The Morgan fingerprint density at radius 3 is 2.40 bits per heavy atom. The fourth-order valence-corrected chi connectivity index (χ4v) is 3.91. The van der Waals surface area contributed by atoms with Crippen LogP contribution in [0.25, 0.3) is 0 Å². The van der Waals surface area contributed by atoms with Gasteiger partial charge in [-0.15, -0.1) is 0 Å². The third-order valence-electron chi connectivity index (χ3n) is 1.67. The summed E-state index contributed by atoms with van der Waals surface area (Å²) in [5.41, 5.74) is 0. The highest BCUT2D eigenvalue weighted by atomic mass is 32.2. The van der Waals surface area contributed by atoms with E-state index in [1.165, 1.54) is 24.2 Å². The molecule has 1 saturated heterocycles. The van der Waals surface area contributed by atoms with E-state index < -0.39 is 0 Å². The van der Waals surface area contributed by atoms with Crippen molar-refractivity contribution in [1.29, 1.82) is 0 Å². The molecule has 0 bridgehead atoms. The molecule has 0 aromatic carbocycles. The summed E-state index contributed by atoms with van der Waals surface area (Å²) in [6.07, 6.45) is 2.83. The Hall–Kier alpha value is 0.765. The van der Waals surface area contributed by atoms with Crippen molar-refractivity contribution >= 4 is 28.5 Å². The lowest BCUT2D eigenvalue weighted by molar-refractivity contribution is 0.625. The maximum Gasteiger partial charge on any atom is 0.273 e. The van der Waals surface area contributed by atoms with Crippen LogP contribution in [0, 0.1) is 5.92 Å². The van der Waals surface area contributed by atoms with Gasteiger partial charge in [0.15, 0.2) is 0 Å². The van der Waals surface area contributed by atoms with Gasteiger partial charge in [-0.3, -0.25) is 0 Å². The second-order valence-corrected chi connectivity index (χ2v) is 6.06. The van der Waals surface area contributed by atoms with E-state index >= 15 is 0 Å². The van der Waals surface area contributed by atoms with Gasteiger partial charge >= 0.3 is 0 Å². The third kappa shape index (κ3) is 3.24. The summed E-state index contributed by atoms with van der Waals surface area (Å²) in [6.45, 7) is 4.62. The van der Waals surface area contributed by atoms with Gasteiger partial charge in [0.2, 0.25) is 0 Å². The summed E-state index contributed by atoms with van der Waals surface area (Å²) in [5, 5.41) is 0.933. The topological polar surface area (TPSA) is 0 Å². The molecule has 0 amide bonds.